The van der Waals surface area contributed by atoms with E-state index >= 15 is 0 Å². The number of hydrogen-bond acceptors (Lipinski definition) is 1. The lowest BCUT2D eigenvalue weighted by molar-refractivity contribution is 0.663. The molecule has 0 fully saturated rings. The van der Waals surface area contributed by atoms with E-state index in [1.54, 1.807) is 0 Å². The first-order valence-electron chi connectivity index (χ1n) is 6.33. The number of nitrogens with one attached hydrogen (secondary N) is 1. The molecule has 1 aliphatic rings. The van der Waals surface area contributed by atoms with Crippen molar-refractivity contribution in [2.75, 3.05) is 5.32 Å². The third kappa shape index (κ3) is 2.19. The van der Waals surface area contributed by atoms with E-state index in [-0.39, 0.29) is 0 Å². The maximum absolute atomic E-state index is 3.68. The lowest BCUT2D eigenvalue weighted by Gasteiger charge is -2.18. The van der Waals surface area contributed by atoms with Gasteiger partial charge in [-0.25, -0.2) is 0 Å². The van der Waals surface area contributed by atoms with Crippen LogP contribution in [-0.2, 0) is 6.42 Å². The molecule has 1 heteroatoms. The molecule has 0 spiro atoms. The summed E-state index contributed by atoms with van der Waals surface area (Å²) in [6.07, 6.45) is 3.65. The first-order chi connectivity index (χ1) is 8.43. The van der Waals surface area contributed by atoms with Crippen molar-refractivity contribution < 1.29 is 0 Å². The van der Waals surface area contributed by atoms with Gasteiger partial charge in [0, 0.05) is 5.69 Å². The average Bonchev–Trinajstić information content (AvgIpc) is 2.62. The standard InChI is InChI=1S/C16H17N/c1-2-7-13(8-3-1)16-12-6-10-14-9-4-5-11-15(14)17-16/h1-5,7-9,11,16-17H,6,10,12H2. The summed E-state index contributed by atoms with van der Waals surface area (Å²) in [6, 6.07) is 19.9. The molecule has 1 unspecified atom stereocenters. The van der Waals surface area contributed by atoms with Crippen LogP contribution in [0.25, 0.3) is 0 Å². The van der Waals surface area contributed by atoms with Crippen LogP contribution in [0.4, 0.5) is 5.69 Å². The number of hydrogen-bond donors (Lipinski definition) is 1. The van der Waals surface area contributed by atoms with Crippen LogP contribution in [0.15, 0.2) is 54.6 Å². The molecule has 0 radical (unpaired) electrons. The van der Waals surface area contributed by atoms with Crippen molar-refractivity contribution in [3.63, 3.8) is 0 Å². The Morgan fingerprint density at radius 3 is 2.53 bits per heavy atom. The molecule has 0 saturated heterocycles. The Hall–Kier alpha value is -1.76. The molecule has 17 heavy (non-hydrogen) atoms. The Labute approximate surface area is 102 Å². The third-order valence-electron chi connectivity index (χ3n) is 3.49. The van der Waals surface area contributed by atoms with Gasteiger partial charge in [-0.2, -0.15) is 0 Å². The average molecular weight is 223 g/mol. The number of fused-ring (bicyclic) bond motifs is 1. The summed E-state index contributed by atoms with van der Waals surface area (Å²) < 4.78 is 0. The normalized spacial score (nSPS) is 18.9. The van der Waals surface area contributed by atoms with Crippen molar-refractivity contribution in [2.45, 2.75) is 25.3 Å². The molecule has 1 aliphatic heterocycles. The van der Waals surface area contributed by atoms with E-state index in [1.807, 2.05) is 0 Å². The molecule has 0 aromatic heterocycles. The van der Waals surface area contributed by atoms with Crippen LogP contribution in [0, 0.1) is 0 Å². The Bertz CT molecular complexity index is 490. The molecule has 1 nitrogen and oxygen atoms in total. The minimum absolute atomic E-state index is 0.458. The molecule has 1 N–H and O–H groups in total. The molecule has 0 amide bonds. The smallest absolute Gasteiger partial charge is 0.0514 e. The highest BCUT2D eigenvalue weighted by Gasteiger charge is 2.16. The fourth-order valence-corrected chi connectivity index (χ4v) is 2.57. The predicted molar refractivity (Wildman–Crippen MR) is 72.2 cm³/mol. The first kappa shape index (κ1) is 10.4. The molecule has 3 rings (SSSR count). The van der Waals surface area contributed by atoms with E-state index in [9.17, 15) is 0 Å². The van der Waals surface area contributed by atoms with E-state index in [0.717, 1.165) is 0 Å². The van der Waals surface area contributed by atoms with Gasteiger partial charge in [0.05, 0.1) is 6.04 Å². The lowest BCUT2D eigenvalue weighted by Crippen LogP contribution is -2.09. The summed E-state index contributed by atoms with van der Waals surface area (Å²) in [5.41, 5.74) is 4.15. The minimum Gasteiger partial charge on any atom is -0.378 e. The van der Waals surface area contributed by atoms with Crippen LogP contribution >= 0.6 is 0 Å². The van der Waals surface area contributed by atoms with Crippen LogP contribution in [0.3, 0.4) is 0 Å². The number of benzene rings is 2. The molecule has 0 bridgehead atoms. The molecule has 1 atom stereocenters. The quantitative estimate of drug-likeness (QED) is 0.765. The van der Waals surface area contributed by atoms with Crippen molar-refractivity contribution in [1.29, 1.82) is 0 Å². The van der Waals surface area contributed by atoms with Crippen molar-refractivity contribution >= 4 is 5.69 Å². The highest BCUT2D eigenvalue weighted by Crippen LogP contribution is 2.30. The fourth-order valence-electron chi connectivity index (χ4n) is 2.57. The number of anilines is 1. The van der Waals surface area contributed by atoms with Gasteiger partial charge in [0.1, 0.15) is 0 Å². The van der Waals surface area contributed by atoms with E-state index < -0.39 is 0 Å². The summed E-state index contributed by atoms with van der Waals surface area (Å²) in [6.45, 7) is 0. The molecule has 2 aromatic rings. The van der Waals surface area contributed by atoms with Gasteiger partial charge in [0.25, 0.3) is 0 Å². The van der Waals surface area contributed by atoms with E-state index in [1.165, 1.54) is 36.1 Å². The Morgan fingerprint density at radius 1 is 0.882 bits per heavy atom. The fraction of sp³-hybridized carbons (Fsp3) is 0.250. The monoisotopic (exact) mass is 223 g/mol. The minimum atomic E-state index is 0.458. The first-order valence-corrected chi connectivity index (χ1v) is 6.33. The predicted octanol–water partition coefficient (Wildman–Crippen LogP) is 4.18. The van der Waals surface area contributed by atoms with Gasteiger partial charge in [-0.05, 0) is 36.5 Å². The largest absolute Gasteiger partial charge is 0.378 e. The van der Waals surface area contributed by atoms with Crippen LogP contribution in [0.2, 0.25) is 0 Å². The van der Waals surface area contributed by atoms with Gasteiger partial charge >= 0.3 is 0 Å². The number of aryl methyl sites for hydroxylation is 1. The zero-order valence-electron chi connectivity index (χ0n) is 9.89. The highest BCUT2D eigenvalue weighted by molar-refractivity contribution is 5.53. The number of rotatable bonds is 1. The topological polar surface area (TPSA) is 12.0 Å². The van der Waals surface area contributed by atoms with Gasteiger partial charge in [0.2, 0.25) is 0 Å². The maximum atomic E-state index is 3.68. The van der Waals surface area contributed by atoms with Crippen molar-refractivity contribution in [3.05, 3.63) is 65.7 Å². The maximum Gasteiger partial charge on any atom is 0.0514 e. The molecule has 86 valence electrons. The van der Waals surface area contributed by atoms with E-state index in [2.05, 4.69) is 59.9 Å². The molecular formula is C16H17N. The van der Waals surface area contributed by atoms with Crippen molar-refractivity contribution in [3.8, 4) is 0 Å². The molecule has 1 heterocycles. The van der Waals surface area contributed by atoms with Gasteiger partial charge in [-0.15, -0.1) is 0 Å². The zero-order chi connectivity index (χ0) is 11.5. The van der Waals surface area contributed by atoms with Crippen molar-refractivity contribution in [1.82, 2.24) is 0 Å². The summed E-state index contributed by atoms with van der Waals surface area (Å²) in [7, 11) is 0. The second-order valence-corrected chi connectivity index (χ2v) is 4.66. The van der Waals surface area contributed by atoms with Gasteiger partial charge in [-0.1, -0.05) is 48.5 Å². The molecule has 2 aromatic carbocycles. The molecular weight excluding hydrogens is 206 g/mol. The van der Waals surface area contributed by atoms with E-state index in [0.29, 0.717) is 6.04 Å². The van der Waals surface area contributed by atoms with Gasteiger partial charge < -0.3 is 5.32 Å². The van der Waals surface area contributed by atoms with Gasteiger partial charge in [-0.3, -0.25) is 0 Å². The Kier molecular flexibility index (Phi) is 2.83. The Balaban J connectivity index is 1.91. The van der Waals surface area contributed by atoms with Crippen LogP contribution < -0.4 is 5.32 Å². The third-order valence-corrected chi connectivity index (χ3v) is 3.49. The van der Waals surface area contributed by atoms with Crippen LogP contribution in [0.1, 0.15) is 30.0 Å². The summed E-state index contributed by atoms with van der Waals surface area (Å²) in [5.74, 6) is 0. The summed E-state index contributed by atoms with van der Waals surface area (Å²) >= 11 is 0. The highest BCUT2D eigenvalue weighted by atomic mass is 14.9. The molecule has 0 aliphatic carbocycles. The van der Waals surface area contributed by atoms with Gasteiger partial charge in [0.15, 0.2) is 0 Å². The van der Waals surface area contributed by atoms with Crippen molar-refractivity contribution in [2.24, 2.45) is 0 Å². The Morgan fingerprint density at radius 2 is 1.65 bits per heavy atom. The zero-order valence-corrected chi connectivity index (χ0v) is 9.89. The van der Waals surface area contributed by atoms with E-state index in [4.69, 9.17) is 0 Å². The second-order valence-electron chi connectivity index (χ2n) is 4.66. The summed E-state index contributed by atoms with van der Waals surface area (Å²) in [4.78, 5) is 0. The van der Waals surface area contributed by atoms with Crippen LogP contribution in [-0.4, -0.2) is 0 Å². The summed E-state index contributed by atoms with van der Waals surface area (Å²) in [5, 5.41) is 3.68. The van der Waals surface area contributed by atoms with Crippen LogP contribution in [0.5, 0.6) is 0 Å². The second kappa shape index (κ2) is 4.62. The SMILES string of the molecule is c1ccc(C2CCCc3ccccc3N2)cc1. The lowest BCUT2D eigenvalue weighted by atomic mass is 10.0. The molecule has 0 saturated carbocycles. The number of para-hydroxylation sites is 1.